The molecule has 2 aromatic heterocycles. The number of alkyl carbamates (subject to hydrolysis) is 1. The molecule has 0 aliphatic carbocycles. The summed E-state index contributed by atoms with van der Waals surface area (Å²) in [6.45, 7) is 6.89. The minimum absolute atomic E-state index is 0.0502. The van der Waals surface area contributed by atoms with E-state index >= 15 is 0 Å². The summed E-state index contributed by atoms with van der Waals surface area (Å²) in [6, 6.07) is 2.00. The third kappa shape index (κ3) is 5.57. The van der Waals surface area contributed by atoms with Crippen LogP contribution in [0, 0.1) is 11.3 Å². The van der Waals surface area contributed by atoms with Gasteiger partial charge < -0.3 is 20.3 Å². The summed E-state index contributed by atoms with van der Waals surface area (Å²) in [4.78, 5) is 23.0. The highest BCUT2D eigenvalue weighted by molar-refractivity contribution is 5.68. The lowest BCUT2D eigenvalue weighted by atomic mass is 10.1. The third-order valence-corrected chi connectivity index (χ3v) is 4.30. The van der Waals surface area contributed by atoms with Crippen molar-refractivity contribution in [2.75, 3.05) is 23.3 Å². The van der Waals surface area contributed by atoms with Gasteiger partial charge in [-0.15, -0.1) is 0 Å². The number of hydrogen-bond donors (Lipinski definition) is 2. The number of hydrogen-bond acceptors (Lipinski definition) is 8. The van der Waals surface area contributed by atoms with Gasteiger partial charge in [0.1, 0.15) is 17.5 Å². The van der Waals surface area contributed by atoms with Crippen molar-refractivity contribution in [1.82, 2.24) is 25.1 Å². The van der Waals surface area contributed by atoms with Crippen molar-refractivity contribution in [1.29, 1.82) is 5.26 Å². The molecule has 0 unspecified atom stereocenters. The largest absolute Gasteiger partial charge is 0.444 e. The zero-order chi connectivity index (χ0) is 21.0. The van der Waals surface area contributed by atoms with Crippen LogP contribution in [0.25, 0.3) is 0 Å². The topological polar surface area (TPSA) is 121 Å². The van der Waals surface area contributed by atoms with Crippen LogP contribution in [0.15, 0.2) is 18.6 Å². The van der Waals surface area contributed by atoms with Crippen LogP contribution in [0.3, 0.4) is 0 Å². The van der Waals surface area contributed by atoms with Crippen molar-refractivity contribution in [2.45, 2.75) is 45.3 Å². The number of nitriles is 1. The average molecular weight is 398 g/mol. The van der Waals surface area contributed by atoms with Gasteiger partial charge in [0, 0.05) is 32.4 Å². The SMILES string of the molecule is Cn1cc(Nc2nc(N3CCC[C@@H](NC(=O)OC(C)(C)C)C3)cnc2C#N)cn1. The molecule has 1 amide bonds. The number of aryl methyl sites for hydroxylation is 1. The smallest absolute Gasteiger partial charge is 0.407 e. The van der Waals surface area contributed by atoms with Gasteiger partial charge in [0.2, 0.25) is 0 Å². The number of piperidine rings is 1. The van der Waals surface area contributed by atoms with Crippen molar-refractivity contribution in [3.8, 4) is 6.07 Å². The van der Waals surface area contributed by atoms with E-state index in [1.54, 1.807) is 23.3 Å². The highest BCUT2D eigenvalue weighted by atomic mass is 16.6. The maximum absolute atomic E-state index is 12.1. The summed E-state index contributed by atoms with van der Waals surface area (Å²) in [6.07, 6.45) is 6.36. The molecule has 1 fully saturated rings. The summed E-state index contributed by atoms with van der Waals surface area (Å²) >= 11 is 0. The Bertz CT molecular complexity index is 912. The highest BCUT2D eigenvalue weighted by Gasteiger charge is 2.25. The molecule has 1 aliphatic rings. The molecule has 154 valence electrons. The van der Waals surface area contributed by atoms with Crippen molar-refractivity contribution in [2.24, 2.45) is 7.05 Å². The predicted molar refractivity (Wildman–Crippen MR) is 108 cm³/mol. The number of ether oxygens (including phenoxy) is 1. The van der Waals surface area contributed by atoms with Gasteiger partial charge in [-0.05, 0) is 33.6 Å². The molecular weight excluding hydrogens is 372 g/mol. The van der Waals surface area contributed by atoms with E-state index in [1.165, 1.54) is 0 Å². The first-order valence-electron chi connectivity index (χ1n) is 9.51. The first kappa shape index (κ1) is 20.4. The number of carbonyl (C=O) groups is 1. The van der Waals surface area contributed by atoms with E-state index in [2.05, 4.69) is 31.8 Å². The Morgan fingerprint density at radius 3 is 2.83 bits per heavy atom. The number of anilines is 3. The Hall–Kier alpha value is -3.35. The quantitative estimate of drug-likeness (QED) is 0.805. The molecule has 3 heterocycles. The number of carbonyl (C=O) groups excluding carboxylic acids is 1. The van der Waals surface area contributed by atoms with Crippen LogP contribution in [0.5, 0.6) is 0 Å². The molecule has 0 saturated carbocycles. The lowest BCUT2D eigenvalue weighted by molar-refractivity contribution is 0.0500. The zero-order valence-electron chi connectivity index (χ0n) is 17.1. The number of aromatic nitrogens is 4. The third-order valence-electron chi connectivity index (χ3n) is 4.30. The number of nitrogens with one attached hydrogen (secondary N) is 2. The lowest BCUT2D eigenvalue weighted by Crippen LogP contribution is -2.49. The van der Waals surface area contributed by atoms with E-state index in [-0.39, 0.29) is 11.7 Å². The van der Waals surface area contributed by atoms with E-state index in [0.717, 1.165) is 25.1 Å². The Kier molecular flexibility index (Phi) is 5.87. The first-order valence-corrected chi connectivity index (χ1v) is 9.51. The van der Waals surface area contributed by atoms with Gasteiger partial charge in [-0.1, -0.05) is 0 Å². The highest BCUT2D eigenvalue weighted by Crippen LogP contribution is 2.23. The number of amides is 1. The van der Waals surface area contributed by atoms with Gasteiger partial charge in [-0.25, -0.2) is 14.8 Å². The normalized spacial score (nSPS) is 16.8. The Morgan fingerprint density at radius 2 is 2.17 bits per heavy atom. The average Bonchev–Trinajstić information content (AvgIpc) is 3.05. The van der Waals surface area contributed by atoms with E-state index in [4.69, 9.17) is 4.74 Å². The molecule has 0 aromatic carbocycles. The molecule has 0 spiro atoms. The minimum atomic E-state index is -0.538. The lowest BCUT2D eigenvalue weighted by Gasteiger charge is -2.34. The molecule has 0 bridgehead atoms. The summed E-state index contributed by atoms with van der Waals surface area (Å²) in [5.41, 5.74) is 0.390. The fourth-order valence-electron chi connectivity index (χ4n) is 3.10. The molecule has 0 radical (unpaired) electrons. The van der Waals surface area contributed by atoms with Crippen molar-refractivity contribution >= 4 is 23.4 Å². The molecule has 29 heavy (non-hydrogen) atoms. The Labute approximate surface area is 169 Å². The fourth-order valence-corrected chi connectivity index (χ4v) is 3.10. The minimum Gasteiger partial charge on any atom is -0.444 e. The van der Waals surface area contributed by atoms with Crippen LogP contribution in [0.1, 0.15) is 39.3 Å². The fraction of sp³-hybridized carbons (Fsp3) is 0.526. The van der Waals surface area contributed by atoms with Gasteiger partial charge >= 0.3 is 6.09 Å². The van der Waals surface area contributed by atoms with Gasteiger partial charge in [0.25, 0.3) is 0 Å². The first-order chi connectivity index (χ1) is 13.7. The van der Waals surface area contributed by atoms with E-state index in [9.17, 15) is 10.1 Å². The van der Waals surface area contributed by atoms with E-state index in [0.29, 0.717) is 18.2 Å². The second kappa shape index (κ2) is 8.34. The summed E-state index contributed by atoms with van der Waals surface area (Å²) in [5, 5.41) is 19.5. The van der Waals surface area contributed by atoms with E-state index in [1.807, 2.05) is 32.7 Å². The monoisotopic (exact) mass is 398 g/mol. The van der Waals surface area contributed by atoms with Crippen LogP contribution in [0.4, 0.5) is 22.1 Å². The molecule has 10 nitrogen and oxygen atoms in total. The molecule has 3 rings (SSSR count). The second-order valence-corrected chi connectivity index (χ2v) is 8.00. The standard InChI is InChI=1S/C19H26N8O2/c1-19(2,3)29-18(28)24-13-6-5-7-27(12-13)16-10-21-15(8-20)17(25-16)23-14-9-22-26(4)11-14/h9-11,13H,5-7,12H2,1-4H3,(H,23,25)(H,24,28)/t13-/m1/s1. The van der Waals surface area contributed by atoms with Crippen LogP contribution < -0.4 is 15.5 Å². The summed E-state index contributed by atoms with van der Waals surface area (Å²) in [7, 11) is 1.81. The molecule has 1 atom stereocenters. The van der Waals surface area contributed by atoms with Gasteiger partial charge in [-0.2, -0.15) is 10.4 Å². The maximum atomic E-state index is 12.1. The number of nitrogens with zero attached hydrogens (tertiary/aromatic N) is 6. The van der Waals surface area contributed by atoms with Crippen LogP contribution in [-0.2, 0) is 11.8 Å². The summed E-state index contributed by atoms with van der Waals surface area (Å²) < 4.78 is 7.00. The molecule has 1 aliphatic heterocycles. The Balaban J connectivity index is 1.71. The molecule has 10 heteroatoms. The Morgan fingerprint density at radius 1 is 1.38 bits per heavy atom. The second-order valence-electron chi connectivity index (χ2n) is 8.00. The van der Waals surface area contributed by atoms with Gasteiger partial charge in [0.05, 0.1) is 18.1 Å². The molecular formula is C19H26N8O2. The van der Waals surface area contributed by atoms with Crippen LogP contribution in [-0.4, -0.2) is 50.6 Å². The van der Waals surface area contributed by atoms with Crippen molar-refractivity contribution in [3.05, 3.63) is 24.3 Å². The van der Waals surface area contributed by atoms with Crippen LogP contribution in [0.2, 0.25) is 0 Å². The molecule has 2 N–H and O–H groups in total. The van der Waals surface area contributed by atoms with E-state index < -0.39 is 11.7 Å². The maximum Gasteiger partial charge on any atom is 0.407 e. The summed E-state index contributed by atoms with van der Waals surface area (Å²) in [5.74, 6) is 1.02. The van der Waals surface area contributed by atoms with Gasteiger partial charge in [0.15, 0.2) is 11.5 Å². The molecule has 1 saturated heterocycles. The van der Waals surface area contributed by atoms with Gasteiger partial charge in [-0.3, -0.25) is 4.68 Å². The van der Waals surface area contributed by atoms with Crippen LogP contribution >= 0.6 is 0 Å². The predicted octanol–water partition coefficient (Wildman–Crippen LogP) is 2.32. The molecule has 2 aromatic rings. The van der Waals surface area contributed by atoms with Crippen molar-refractivity contribution in [3.63, 3.8) is 0 Å². The zero-order valence-corrected chi connectivity index (χ0v) is 17.1. The van der Waals surface area contributed by atoms with Crippen molar-refractivity contribution < 1.29 is 9.53 Å². The number of rotatable bonds is 4.